The number of allylic oxidation sites excluding steroid dienone is 2. The third-order valence-electron chi connectivity index (χ3n) is 3.06. The molecule has 0 amide bonds. The molecule has 1 unspecified atom stereocenters. The summed E-state index contributed by atoms with van der Waals surface area (Å²) in [7, 11) is 0. The summed E-state index contributed by atoms with van der Waals surface area (Å²) in [5, 5.41) is 0.336. The Morgan fingerprint density at radius 2 is 2.12 bits per heavy atom. The van der Waals surface area contributed by atoms with Crippen LogP contribution in [0.15, 0.2) is 29.8 Å². The van der Waals surface area contributed by atoms with Crippen molar-refractivity contribution >= 4 is 23.2 Å². The summed E-state index contributed by atoms with van der Waals surface area (Å²) in [6.45, 7) is 0. The van der Waals surface area contributed by atoms with E-state index in [9.17, 15) is 4.39 Å². The topological polar surface area (TPSA) is 0 Å². The quantitative estimate of drug-likeness (QED) is 0.517. The van der Waals surface area contributed by atoms with Crippen LogP contribution in [0.2, 0.25) is 5.02 Å². The van der Waals surface area contributed by atoms with Gasteiger partial charge in [-0.15, -0.1) is 11.6 Å². The lowest BCUT2D eigenvalue weighted by Gasteiger charge is -2.07. The van der Waals surface area contributed by atoms with Crippen molar-refractivity contribution in [3.63, 3.8) is 0 Å². The molecule has 0 saturated heterocycles. The molecular formula is C14H15Cl2F. The van der Waals surface area contributed by atoms with E-state index in [-0.39, 0.29) is 16.2 Å². The fourth-order valence-electron chi connectivity index (χ4n) is 2.17. The van der Waals surface area contributed by atoms with E-state index in [4.69, 9.17) is 23.2 Å². The highest BCUT2D eigenvalue weighted by Gasteiger charge is 2.10. The van der Waals surface area contributed by atoms with Crippen LogP contribution in [0.1, 0.15) is 31.2 Å². The summed E-state index contributed by atoms with van der Waals surface area (Å²) < 4.78 is 13.0. The number of halogens is 3. The molecule has 1 atom stereocenters. The molecule has 3 heteroatoms. The second-order valence-corrected chi connectivity index (χ2v) is 5.48. The highest BCUT2D eigenvalue weighted by atomic mass is 35.5. The van der Waals surface area contributed by atoms with Crippen molar-refractivity contribution in [1.82, 2.24) is 0 Å². The highest BCUT2D eigenvalue weighted by Crippen LogP contribution is 2.25. The molecule has 1 aromatic carbocycles. The van der Waals surface area contributed by atoms with Gasteiger partial charge < -0.3 is 0 Å². The van der Waals surface area contributed by atoms with Crippen LogP contribution in [0, 0.1) is 5.82 Å². The van der Waals surface area contributed by atoms with E-state index in [0.29, 0.717) is 0 Å². The van der Waals surface area contributed by atoms with Crippen LogP contribution in [0.5, 0.6) is 0 Å². The van der Waals surface area contributed by atoms with Gasteiger partial charge in [-0.1, -0.05) is 35.7 Å². The Hall–Kier alpha value is -0.530. The molecular weight excluding hydrogens is 258 g/mol. The van der Waals surface area contributed by atoms with Gasteiger partial charge in [-0.3, -0.25) is 0 Å². The van der Waals surface area contributed by atoms with Gasteiger partial charge in [0, 0.05) is 0 Å². The van der Waals surface area contributed by atoms with Gasteiger partial charge in [-0.25, -0.2) is 4.39 Å². The third kappa shape index (κ3) is 3.72. The fraction of sp³-hybridized carbons (Fsp3) is 0.429. The SMILES string of the molecule is Fc1ccc(CC2=CC(Cl)CCCC2)cc1Cl. The summed E-state index contributed by atoms with van der Waals surface area (Å²) in [6.07, 6.45) is 7.46. The van der Waals surface area contributed by atoms with E-state index in [1.807, 2.05) is 0 Å². The van der Waals surface area contributed by atoms with Gasteiger partial charge in [0.15, 0.2) is 0 Å². The van der Waals surface area contributed by atoms with Crippen molar-refractivity contribution in [1.29, 1.82) is 0 Å². The molecule has 1 aromatic rings. The Morgan fingerprint density at radius 1 is 1.29 bits per heavy atom. The summed E-state index contributed by atoms with van der Waals surface area (Å²) in [6, 6.07) is 4.91. The highest BCUT2D eigenvalue weighted by molar-refractivity contribution is 6.30. The van der Waals surface area contributed by atoms with Crippen molar-refractivity contribution in [3.8, 4) is 0 Å². The predicted molar refractivity (Wildman–Crippen MR) is 71.3 cm³/mol. The molecule has 0 N–H and O–H groups in total. The van der Waals surface area contributed by atoms with E-state index < -0.39 is 0 Å². The average Bonchev–Trinajstić information content (AvgIpc) is 2.48. The van der Waals surface area contributed by atoms with Gasteiger partial charge in [0.05, 0.1) is 10.4 Å². The third-order valence-corrected chi connectivity index (χ3v) is 3.69. The van der Waals surface area contributed by atoms with Gasteiger partial charge in [-0.05, 0) is 43.4 Å². The van der Waals surface area contributed by atoms with Gasteiger partial charge >= 0.3 is 0 Å². The summed E-state index contributed by atoms with van der Waals surface area (Å²) >= 11 is 11.9. The van der Waals surface area contributed by atoms with Crippen molar-refractivity contribution in [2.24, 2.45) is 0 Å². The molecule has 92 valence electrons. The molecule has 0 bridgehead atoms. The molecule has 0 fully saturated rings. The molecule has 2 rings (SSSR count). The zero-order valence-electron chi connectivity index (χ0n) is 9.56. The smallest absolute Gasteiger partial charge is 0.141 e. The van der Waals surface area contributed by atoms with Crippen LogP contribution in [0.4, 0.5) is 4.39 Å². The number of rotatable bonds is 2. The first-order valence-electron chi connectivity index (χ1n) is 5.93. The van der Waals surface area contributed by atoms with Crippen LogP contribution < -0.4 is 0 Å². The van der Waals surface area contributed by atoms with Crippen molar-refractivity contribution in [2.45, 2.75) is 37.5 Å². The minimum atomic E-state index is -0.361. The van der Waals surface area contributed by atoms with Crippen molar-refractivity contribution < 1.29 is 4.39 Å². The number of alkyl halides is 1. The molecule has 0 nitrogen and oxygen atoms in total. The first-order chi connectivity index (χ1) is 8.15. The van der Waals surface area contributed by atoms with Gasteiger partial charge in [0.25, 0.3) is 0 Å². The largest absolute Gasteiger partial charge is 0.205 e. The maximum absolute atomic E-state index is 13.0. The first kappa shape index (κ1) is 12.9. The number of benzene rings is 1. The van der Waals surface area contributed by atoms with Gasteiger partial charge in [0.2, 0.25) is 0 Å². The molecule has 0 heterocycles. The summed E-state index contributed by atoms with van der Waals surface area (Å²) in [5.41, 5.74) is 2.39. The fourth-order valence-corrected chi connectivity index (χ4v) is 2.71. The lowest BCUT2D eigenvalue weighted by molar-refractivity contribution is 0.627. The Bertz CT molecular complexity index is 426. The molecule has 0 aromatic heterocycles. The van der Waals surface area contributed by atoms with E-state index in [1.54, 1.807) is 12.1 Å². The maximum Gasteiger partial charge on any atom is 0.141 e. The Balaban J connectivity index is 2.11. The minimum Gasteiger partial charge on any atom is -0.205 e. The maximum atomic E-state index is 13.0. The van der Waals surface area contributed by atoms with Crippen molar-refractivity contribution in [3.05, 3.63) is 46.3 Å². The van der Waals surface area contributed by atoms with Crippen LogP contribution in [-0.2, 0) is 6.42 Å². The van der Waals surface area contributed by atoms with Crippen LogP contribution in [-0.4, -0.2) is 5.38 Å². The van der Waals surface area contributed by atoms with Crippen LogP contribution in [0.3, 0.4) is 0 Å². The van der Waals surface area contributed by atoms with E-state index >= 15 is 0 Å². The minimum absolute atomic E-state index is 0.142. The van der Waals surface area contributed by atoms with Gasteiger partial charge in [0.1, 0.15) is 5.82 Å². The number of hydrogen-bond acceptors (Lipinski definition) is 0. The second-order valence-electron chi connectivity index (χ2n) is 4.51. The second kappa shape index (κ2) is 5.88. The zero-order valence-corrected chi connectivity index (χ0v) is 11.1. The van der Waals surface area contributed by atoms with Crippen LogP contribution in [0.25, 0.3) is 0 Å². The summed E-state index contributed by atoms with van der Waals surface area (Å²) in [4.78, 5) is 0. The molecule has 0 saturated carbocycles. The Kier molecular flexibility index (Phi) is 4.47. The van der Waals surface area contributed by atoms with Gasteiger partial charge in [-0.2, -0.15) is 0 Å². The Labute approximate surface area is 111 Å². The monoisotopic (exact) mass is 272 g/mol. The van der Waals surface area contributed by atoms with E-state index in [2.05, 4.69) is 6.08 Å². The standard InChI is InChI=1S/C14H15Cl2F/c15-12-4-2-1-3-10(8-12)7-11-5-6-14(17)13(16)9-11/h5-6,8-9,12H,1-4,7H2. The molecule has 17 heavy (non-hydrogen) atoms. The lowest BCUT2D eigenvalue weighted by atomic mass is 10.0. The predicted octanol–water partition coefficient (Wildman–Crippen LogP) is 5.13. The molecule has 0 spiro atoms. The Morgan fingerprint density at radius 3 is 2.88 bits per heavy atom. The molecule has 1 aliphatic carbocycles. The average molecular weight is 273 g/mol. The number of hydrogen-bond donors (Lipinski definition) is 0. The molecule has 0 radical (unpaired) electrons. The summed E-state index contributed by atoms with van der Waals surface area (Å²) in [5.74, 6) is -0.361. The lowest BCUT2D eigenvalue weighted by Crippen LogP contribution is -1.95. The van der Waals surface area contributed by atoms with Crippen molar-refractivity contribution in [2.75, 3.05) is 0 Å². The molecule has 1 aliphatic rings. The normalized spacial score (nSPS) is 20.9. The van der Waals surface area contributed by atoms with Crippen LogP contribution >= 0.6 is 23.2 Å². The molecule has 0 aliphatic heterocycles. The van der Waals surface area contributed by atoms with E-state index in [0.717, 1.165) is 24.8 Å². The first-order valence-corrected chi connectivity index (χ1v) is 6.74. The van der Waals surface area contributed by atoms with E-state index in [1.165, 1.54) is 24.5 Å². The zero-order chi connectivity index (χ0) is 12.3.